The number of carbonyl (C=O) groups is 1. The highest BCUT2D eigenvalue weighted by Gasteiger charge is 1.95. The van der Waals surface area contributed by atoms with Gasteiger partial charge in [0.25, 0.3) is 0 Å². The molecule has 0 spiro atoms. The zero-order valence-electron chi connectivity index (χ0n) is 12.9. The van der Waals surface area contributed by atoms with E-state index in [-0.39, 0.29) is 11.2 Å². The van der Waals surface area contributed by atoms with Crippen LogP contribution < -0.4 is 5.32 Å². The van der Waals surface area contributed by atoms with Crippen molar-refractivity contribution in [1.82, 2.24) is 15.3 Å². The standard InChI is InChI=1S/C15H12ClN3O.C2H6/c1-11(20)17-8-13-5-2-12(3-6-13)4-7-14-9-18-15(16)19-10-14;1-2/h2-3,5-6,9-10H,8H2,1H3,(H,17,20);1-2H3. The molecule has 2 rings (SSSR count). The van der Waals surface area contributed by atoms with Gasteiger partial charge in [0.15, 0.2) is 0 Å². The number of nitrogens with one attached hydrogen (secondary N) is 1. The minimum atomic E-state index is -0.0448. The molecule has 0 atom stereocenters. The fourth-order valence-electron chi connectivity index (χ4n) is 1.45. The van der Waals surface area contributed by atoms with Crippen molar-refractivity contribution in [3.05, 3.63) is 58.6 Å². The summed E-state index contributed by atoms with van der Waals surface area (Å²) >= 11 is 5.60. The highest BCUT2D eigenvalue weighted by atomic mass is 35.5. The second-order valence-corrected chi connectivity index (χ2v) is 4.44. The fraction of sp³-hybridized carbons (Fsp3) is 0.235. The average molecular weight is 316 g/mol. The van der Waals surface area contributed by atoms with E-state index in [0.29, 0.717) is 12.1 Å². The lowest BCUT2D eigenvalue weighted by molar-refractivity contribution is -0.119. The lowest BCUT2D eigenvalue weighted by atomic mass is 10.1. The molecule has 0 aliphatic heterocycles. The molecule has 0 bridgehead atoms. The third kappa shape index (κ3) is 6.38. The maximum atomic E-state index is 10.8. The summed E-state index contributed by atoms with van der Waals surface area (Å²) in [7, 11) is 0. The number of aromatic nitrogens is 2. The second kappa shape index (κ2) is 9.54. The molecule has 1 aromatic heterocycles. The predicted octanol–water partition coefficient (Wildman–Crippen LogP) is 3.19. The molecule has 5 heteroatoms. The molecule has 4 nitrogen and oxygen atoms in total. The van der Waals surface area contributed by atoms with E-state index < -0.39 is 0 Å². The van der Waals surface area contributed by atoms with Crippen LogP contribution in [0.2, 0.25) is 5.28 Å². The van der Waals surface area contributed by atoms with Crippen molar-refractivity contribution in [2.45, 2.75) is 27.3 Å². The molecule has 0 fully saturated rings. The van der Waals surface area contributed by atoms with Crippen molar-refractivity contribution >= 4 is 17.5 Å². The molecule has 1 aromatic carbocycles. The van der Waals surface area contributed by atoms with Crippen molar-refractivity contribution in [2.24, 2.45) is 0 Å². The minimum Gasteiger partial charge on any atom is -0.352 e. The molecule has 1 N–H and O–H groups in total. The Morgan fingerprint density at radius 3 is 2.18 bits per heavy atom. The van der Waals surface area contributed by atoms with Gasteiger partial charge in [0.2, 0.25) is 11.2 Å². The molecule has 2 aromatic rings. The summed E-state index contributed by atoms with van der Waals surface area (Å²) < 4.78 is 0. The third-order valence-electron chi connectivity index (χ3n) is 2.47. The normalized spacial score (nSPS) is 8.91. The van der Waals surface area contributed by atoms with Crippen LogP contribution in [-0.4, -0.2) is 15.9 Å². The number of halogens is 1. The Kier molecular flexibility index (Phi) is 7.66. The van der Waals surface area contributed by atoms with Crippen molar-refractivity contribution < 1.29 is 4.79 Å². The first-order valence-corrected chi connectivity index (χ1v) is 7.34. The van der Waals surface area contributed by atoms with Crippen LogP contribution in [0.15, 0.2) is 36.7 Å². The summed E-state index contributed by atoms with van der Waals surface area (Å²) in [6.07, 6.45) is 3.15. The van der Waals surface area contributed by atoms with Gasteiger partial charge in [-0.15, -0.1) is 0 Å². The number of amides is 1. The topological polar surface area (TPSA) is 54.9 Å². The SMILES string of the molecule is CC.CC(=O)NCc1ccc(C#Cc2cnc(Cl)nc2)cc1. The molecule has 0 radical (unpaired) electrons. The van der Waals surface area contributed by atoms with Gasteiger partial charge in [-0.1, -0.05) is 37.8 Å². The Morgan fingerprint density at radius 1 is 1.09 bits per heavy atom. The van der Waals surface area contributed by atoms with Crippen molar-refractivity contribution in [1.29, 1.82) is 0 Å². The Balaban J connectivity index is 0.00000116. The van der Waals surface area contributed by atoms with Crippen LogP contribution in [-0.2, 0) is 11.3 Å². The third-order valence-corrected chi connectivity index (χ3v) is 2.66. The summed E-state index contributed by atoms with van der Waals surface area (Å²) in [5.41, 5.74) is 2.61. The lowest BCUT2D eigenvalue weighted by Crippen LogP contribution is -2.18. The monoisotopic (exact) mass is 315 g/mol. The summed E-state index contributed by atoms with van der Waals surface area (Å²) in [5.74, 6) is 5.92. The van der Waals surface area contributed by atoms with E-state index in [0.717, 1.165) is 11.1 Å². The summed E-state index contributed by atoms with van der Waals surface area (Å²) in [6.45, 7) is 6.02. The van der Waals surface area contributed by atoms with Gasteiger partial charge in [0, 0.05) is 31.4 Å². The molecule has 1 amide bonds. The Bertz CT molecular complexity index is 655. The molecular weight excluding hydrogens is 298 g/mol. The predicted molar refractivity (Wildman–Crippen MR) is 88.3 cm³/mol. The van der Waals surface area contributed by atoms with Crippen LogP contribution in [0.25, 0.3) is 0 Å². The molecule has 22 heavy (non-hydrogen) atoms. The second-order valence-electron chi connectivity index (χ2n) is 4.10. The summed E-state index contributed by atoms with van der Waals surface area (Å²) in [6, 6.07) is 7.67. The van der Waals surface area contributed by atoms with Gasteiger partial charge in [-0.25, -0.2) is 9.97 Å². The van der Waals surface area contributed by atoms with Gasteiger partial charge in [-0.3, -0.25) is 4.79 Å². The van der Waals surface area contributed by atoms with Gasteiger partial charge in [0.1, 0.15) is 0 Å². The Morgan fingerprint density at radius 2 is 1.64 bits per heavy atom. The van der Waals surface area contributed by atoms with E-state index in [1.54, 1.807) is 12.4 Å². The number of rotatable bonds is 2. The zero-order valence-corrected chi connectivity index (χ0v) is 13.6. The highest BCUT2D eigenvalue weighted by Crippen LogP contribution is 2.04. The molecule has 0 saturated heterocycles. The van der Waals surface area contributed by atoms with E-state index in [9.17, 15) is 4.79 Å². The van der Waals surface area contributed by atoms with Crippen molar-refractivity contribution in [2.75, 3.05) is 0 Å². The van der Waals surface area contributed by atoms with Crippen LogP contribution >= 0.6 is 11.6 Å². The Labute approximate surface area is 136 Å². The van der Waals surface area contributed by atoms with Crippen LogP contribution in [0.5, 0.6) is 0 Å². The van der Waals surface area contributed by atoms with Gasteiger partial charge in [0.05, 0.1) is 5.56 Å². The van der Waals surface area contributed by atoms with E-state index in [4.69, 9.17) is 11.6 Å². The first-order chi connectivity index (χ1) is 10.6. The van der Waals surface area contributed by atoms with Crippen molar-refractivity contribution in [3.8, 4) is 11.8 Å². The number of hydrogen-bond acceptors (Lipinski definition) is 3. The van der Waals surface area contributed by atoms with Gasteiger partial charge >= 0.3 is 0 Å². The molecule has 1 heterocycles. The van der Waals surface area contributed by atoms with Gasteiger partial charge < -0.3 is 5.32 Å². The van der Waals surface area contributed by atoms with Crippen LogP contribution in [0.4, 0.5) is 0 Å². The number of nitrogens with zero attached hydrogens (tertiary/aromatic N) is 2. The molecule has 114 valence electrons. The quantitative estimate of drug-likeness (QED) is 0.684. The van der Waals surface area contributed by atoms with Gasteiger partial charge in [-0.2, -0.15) is 0 Å². The lowest BCUT2D eigenvalue weighted by Gasteiger charge is -2.01. The molecule has 0 unspecified atom stereocenters. The largest absolute Gasteiger partial charge is 0.352 e. The van der Waals surface area contributed by atoms with Crippen LogP contribution in [0.1, 0.15) is 37.5 Å². The van der Waals surface area contributed by atoms with E-state index in [2.05, 4.69) is 27.1 Å². The number of hydrogen-bond donors (Lipinski definition) is 1. The average Bonchev–Trinajstić information content (AvgIpc) is 2.55. The first-order valence-electron chi connectivity index (χ1n) is 6.96. The highest BCUT2D eigenvalue weighted by molar-refractivity contribution is 6.28. The number of benzene rings is 1. The van der Waals surface area contributed by atoms with E-state index in [1.165, 1.54) is 6.92 Å². The molecule has 0 saturated carbocycles. The van der Waals surface area contributed by atoms with Crippen LogP contribution in [0.3, 0.4) is 0 Å². The van der Waals surface area contributed by atoms with E-state index >= 15 is 0 Å². The Hall–Kier alpha value is -2.38. The van der Waals surface area contributed by atoms with Crippen molar-refractivity contribution in [3.63, 3.8) is 0 Å². The minimum absolute atomic E-state index is 0.0448. The number of carbonyl (C=O) groups excluding carboxylic acids is 1. The summed E-state index contributed by atoms with van der Waals surface area (Å²) in [4.78, 5) is 18.5. The molecule has 0 aliphatic carbocycles. The zero-order chi connectivity index (χ0) is 16.4. The van der Waals surface area contributed by atoms with Gasteiger partial charge in [-0.05, 0) is 29.3 Å². The molecule has 0 aliphatic rings. The fourth-order valence-corrected chi connectivity index (χ4v) is 1.55. The smallest absolute Gasteiger partial charge is 0.222 e. The van der Waals surface area contributed by atoms with E-state index in [1.807, 2.05) is 38.1 Å². The molecular formula is C17H18ClN3O. The maximum absolute atomic E-state index is 10.8. The maximum Gasteiger partial charge on any atom is 0.222 e. The summed E-state index contributed by atoms with van der Waals surface area (Å²) in [5, 5.41) is 2.95. The van der Waals surface area contributed by atoms with Crippen LogP contribution in [0, 0.1) is 11.8 Å². The first kappa shape index (κ1) is 17.7.